The highest BCUT2D eigenvalue weighted by molar-refractivity contribution is 6.05. The number of hydrogen-bond acceptors (Lipinski definition) is 3. The zero-order valence-electron chi connectivity index (χ0n) is 14.6. The van der Waals surface area contributed by atoms with Crippen molar-refractivity contribution in [3.05, 3.63) is 77.0 Å². The normalized spacial score (nSPS) is 16.0. The number of rotatable bonds is 3. The molecule has 0 atom stereocenters. The fourth-order valence-electron chi connectivity index (χ4n) is 3.60. The zero-order chi connectivity index (χ0) is 18.1. The SMILES string of the molecule is CCN1C/C(=C/c2ccccc2)c2nc3ccccc3c(C(=O)O)c2C1. The van der Waals surface area contributed by atoms with Crippen LogP contribution in [0.2, 0.25) is 0 Å². The van der Waals surface area contributed by atoms with Gasteiger partial charge < -0.3 is 5.11 Å². The monoisotopic (exact) mass is 344 g/mol. The van der Waals surface area contributed by atoms with Crippen LogP contribution >= 0.6 is 0 Å². The van der Waals surface area contributed by atoms with Gasteiger partial charge in [-0.15, -0.1) is 0 Å². The number of carboxylic acid groups (broad SMARTS) is 1. The molecule has 1 N–H and O–H groups in total. The third kappa shape index (κ3) is 2.89. The molecule has 0 saturated carbocycles. The topological polar surface area (TPSA) is 53.4 Å². The van der Waals surface area contributed by atoms with E-state index < -0.39 is 5.97 Å². The molecule has 0 saturated heterocycles. The van der Waals surface area contributed by atoms with Gasteiger partial charge in [-0.3, -0.25) is 4.90 Å². The van der Waals surface area contributed by atoms with Crippen molar-refractivity contribution in [3.8, 4) is 0 Å². The second-order valence-electron chi connectivity index (χ2n) is 6.52. The van der Waals surface area contributed by atoms with E-state index in [9.17, 15) is 9.90 Å². The van der Waals surface area contributed by atoms with Gasteiger partial charge in [0.1, 0.15) is 0 Å². The summed E-state index contributed by atoms with van der Waals surface area (Å²) in [4.78, 5) is 19.2. The molecule has 1 aliphatic heterocycles. The molecule has 0 fully saturated rings. The van der Waals surface area contributed by atoms with Crippen molar-refractivity contribution in [2.75, 3.05) is 13.1 Å². The van der Waals surface area contributed by atoms with Crippen molar-refractivity contribution < 1.29 is 9.90 Å². The first-order valence-electron chi connectivity index (χ1n) is 8.80. The third-order valence-corrected chi connectivity index (χ3v) is 4.87. The van der Waals surface area contributed by atoms with Crippen LogP contribution in [0.5, 0.6) is 0 Å². The molecule has 3 aromatic rings. The van der Waals surface area contributed by atoms with Crippen LogP contribution in [-0.4, -0.2) is 34.0 Å². The van der Waals surface area contributed by atoms with Crippen molar-refractivity contribution in [1.82, 2.24) is 9.88 Å². The van der Waals surface area contributed by atoms with E-state index >= 15 is 0 Å². The summed E-state index contributed by atoms with van der Waals surface area (Å²) in [5.74, 6) is -0.892. The Balaban J connectivity index is 2.00. The summed E-state index contributed by atoms with van der Waals surface area (Å²) in [6.07, 6.45) is 2.12. The number of carbonyl (C=O) groups is 1. The van der Waals surface area contributed by atoms with Crippen molar-refractivity contribution in [2.45, 2.75) is 13.5 Å². The molecule has 0 aliphatic carbocycles. The standard InChI is InChI=1S/C22H20N2O2/c1-2-24-13-16(12-15-8-4-3-5-9-15)21-18(14-24)20(22(25)26)17-10-6-7-11-19(17)23-21/h3-12H,2,13-14H2,1H3,(H,25,26)/b16-12-. The molecule has 1 aromatic heterocycles. The Labute approximate surface area is 152 Å². The van der Waals surface area contributed by atoms with E-state index in [1.165, 1.54) is 0 Å². The summed E-state index contributed by atoms with van der Waals surface area (Å²) < 4.78 is 0. The minimum absolute atomic E-state index is 0.378. The van der Waals surface area contributed by atoms with Crippen LogP contribution in [0.15, 0.2) is 54.6 Å². The molecule has 2 aromatic carbocycles. The highest BCUT2D eigenvalue weighted by Crippen LogP contribution is 2.33. The lowest BCUT2D eigenvalue weighted by atomic mass is 9.92. The summed E-state index contributed by atoms with van der Waals surface area (Å²) in [6, 6.07) is 17.6. The van der Waals surface area contributed by atoms with Crippen LogP contribution in [0.1, 0.15) is 34.1 Å². The molecule has 2 heterocycles. The van der Waals surface area contributed by atoms with Crippen molar-refractivity contribution >= 4 is 28.5 Å². The van der Waals surface area contributed by atoms with Gasteiger partial charge in [0.2, 0.25) is 0 Å². The highest BCUT2D eigenvalue weighted by Gasteiger charge is 2.27. The Morgan fingerprint density at radius 2 is 1.85 bits per heavy atom. The number of carboxylic acids is 1. The lowest BCUT2D eigenvalue weighted by molar-refractivity contribution is 0.0696. The summed E-state index contributed by atoms with van der Waals surface area (Å²) in [6.45, 7) is 4.33. The molecule has 0 unspecified atom stereocenters. The van der Waals surface area contributed by atoms with Gasteiger partial charge >= 0.3 is 5.97 Å². The van der Waals surface area contributed by atoms with Crippen LogP contribution in [0, 0.1) is 0 Å². The van der Waals surface area contributed by atoms with Crippen molar-refractivity contribution in [2.24, 2.45) is 0 Å². The average Bonchev–Trinajstić information content (AvgIpc) is 2.66. The number of benzene rings is 2. The Hall–Kier alpha value is -2.98. The molecule has 4 heteroatoms. The maximum Gasteiger partial charge on any atom is 0.336 e. The van der Waals surface area contributed by atoms with Crippen LogP contribution < -0.4 is 0 Å². The summed E-state index contributed by atoms with van der Waals surface area (Å²) in [5, 5.41) is 10.6. The summed E-state index contributed by atoms with van der Waals surface area (Å²) >= 11 is 0. The first-order chi connectivity index (χ1) is 12.7. The van der Waals surface area contributed by atoms with E-state index in [0.29, 0.717) is 17.5 Å². The number of aromatic nitrogens is 1. The lowest BCUT2D eigenvalue weighted by Gasteiger charge is -2.30. The zero-order valence-corrected chi connectivity index (χ0v) is 14.6. The summed E-state index contributed by atoms with van der Waals surface area (Å²) in [5.41, 5.74) is 4.89. The Kier molecular flexibility index (Phi) is 4.27. The number of aromatic carboxylic acids is 1. The van der Waals surface area contributed by atoms with E-state index in [-0.39, 0.29) is 0 Å². The van der Waals surface area contributed by atoms with Gasteiger partial charge in [-0.1, -0.05) is 55.5 Å². The Bertz CT molecular complexity index is 1010. The first kappa shape index (κ1) is 16.5. The Morgan fingerprint density at radius 1 is 1.12 bits per heavy atom. The van der Waals surface area contributed by atoms with Crippen LogP contribution in [0.25, 0.3) is 22.6 Å². The van der Waals surface area contributed by atoms with Gasteiger partial charge in [-0.2, -0.15) is 0 Å². The number of nitrogens with zero attached hydrogens (tertiary/aromatic N) is 2. The van der Waals surface area contributed by atoms with Gasteiger partial charge in [0.15, 0.2) is 0 Å². The van der Waals surface area contributed by atoms with E-state index in [0.717, 1.165) is 41.0 Å². The number of likely N-dealkylation sites (N-methyl/N-ethyl adjacent to an activating group) is 1. The maximum absolute atomic E-state index is 12.1. The molecule has 0 radical (unpaired) electrons. The maximum atomic E-state index is 12.1. The predicted octanol–water partition coefficient (Wildman–Crippen LogP) is 4.31. The average molecular weight is 344 g/mol. The van der Waals surface area contributed by atoms with E-state index in [2.05, 4.69) is 30.0 Å². The van der Waals surface area contributed by atoms with Crippen molar-refractivity contribution in [3.63, 3.8) is 0 Å². The molecule has 1 aliphatic rings. The van der Waals surface area contributed by atoms with Gasteiger partial charge in [-0.05, 0) is 29.8 Å². The number of fused-ring (bicyclic) bond motifs is 2. The van der Waals surface area contributed by atoms with E-state index in [1.807, 2.05) is 42.5 Å². The van der Waals surface area contributed by atoms with Gasteiger partial charge in [0.25, 0.3) is 0 Å². The Morgan fingerprint density at radius 3 is 2.58 bits per heavy atom. The molecule has 4 rings (SSSR count). The molecule has 26 heavy (non-hydrogen) atoms. The van der Waals surface area contributed by atoms with Crippen molar-refractivity contribution in [1.29, 1.82) is 0 Å². The smallest absolute Gasteiger partial charge is 0.336 e. The third-order valence-electron chi connectivity index (χ3n) is 4.87. The molecule has 0 spiro atoms. The number of hydrogen-bond donors (Lipinski definition) is 1. The van der Waals surface area contributed by atoms with Crippen LogP contribution in [0.3, 0.4) is 0 Å². The predicted molar refractivity (Wildman–Crippen MR) is 104 cm³/mol. The lowest BCUT2D eigenvalue weighted by Crippen LogP contribution is -2.31. The number of pyridine rings is 1. The van der Waals surface area contributed by atoms with Crippen LogP contribution in [-0.2, 0) is 6.54 Å². The second kappa shape index (κ2) is 6.73. The van der Waals surface area contributed by atoms with E-state index in [4.69, 9.17) is 4.98 Å². The minimum atomic E-state index is -0.892. The van der Waals surface area contributed by atoms with Gasteiger partial charge in [0.05, 0.1) is 16.8 Å². The minimum Gasteiger partial charge on any atom is -0.478 e. The fourth-order valence-corrected chi connectivity index (χ4v) is 3.60. The second-order valence-corrected chi connectivity index (χ2v) is 6.52. The highest BCUT2D eigenvalue weighted by atomic mass is 16.4. The molecule has 0 bridgehead atoms. The van der Waals surface area contributed by atoms with Crippen LogP contribution in [0.4, 0.5) is 0 Å². The molecule has 4 nitrogen and oxygen atoms in total. The number of para-hydroxylation sites is 1. The molecule has 0 amide bonds. The summed E-state index contributed by atoms with van der Waals surface area (Å²) in [7, 11) is 0. The molecular weight excluding hydrogens is 324 g/mol. The molecule has 130 valence electrons. The van der Waals surface area contributed by atoms with Gasteiger partial charge in [0, 0.05) is 24.0 Å². The fraction of sp³-hybridized carbons (Fsp3) is 0.182. The largest absolute Gasteiger partial charge is 0.478 e. The van der Waals surface area contributed by atoms with Gasteiger partial charge in [-0.25, -0.2) is 9.78 Å². The quantitative estimate of drug-likeness (QED) is 0.769. The first-order valence-corrected chi connectivity index (χ1v) is 8.80. The molecular formula is C22H20N2O2. The van der Waals surface area contributed by atoms with E-state index in [1.54, 1.807) is 0 Å².